The molecule has 3 heteroatoms. The summed E-state index contributed by atoms with van der Waals surface area (Å²) in [6.45, 7) is 7.68. The number of fused-ring (bicyclic) bond motifs is 3. The Bertz CT molecular complexity index is 669. The van der Waals surface area contributed by atoms with Gasteiger partial charge in [-0.3, -0.25) is 9.69 Å². The molecule has 2 N–H and O–H groups in total. The molecule has 2 heterocycles. The molecule has 0 saturated carbocycles. The van der Waals surface area contributed by atoms with E-state index in [4.69, 9.17) is 5.73 Å². The third-order valence-electron chi connectivity index (χ3n) is 4.02. The van der Waals surface area contributed by atoms with Gasteiger partial charge in [-0.05, 0) is 36.6 Å². The summed E-state index contributed by atoms with van der Waals surface area (Å²) in [6.07, 6.45) is 3.76. The highest BCUT2D eigenvalue weighted by Gasteiger charge is 2.49. The molecule has 1 amide bonds. The molecule has 2 aliphatic heterocycles. The average molecular weight is 252 g/mol. The van der Waals surface area contributed by atoms with E-state index in [0.29, 0.717) is 16.8 Å². The lowest BCUT2D eigenvalue weighted by molar-refractivity contribution is -0.126. The number of hydrogen-bond acceptors (Lipinski definition) is 2. The first-order chi connectivity index (χ1) is 8.98. The maximum absolute atomic E-state index is 12.5. The number of hydrogen-bond donors (Lipinski definition) is 1. The molecular weight excluding hydrogens is 236 g/mol. The first-order valence-electron chi connectivity index (χ1n) is 6.25. The third-order valence-corrected chi connectivity index (χ3v) is 4.02. The molecule has 2 aliphatic rings. The fourth-order valence-electron chi connectivity index (χ4n) is 2.96. The second-order valence-electron chi connectivity index (χ2n) is 5.22. The molecule has 1 aromatic rings. The summed E-state index contributed by atoms with van der Waals surface area (Å²) >= 11 is 0. The Labute approximate surface area is 112 Å². The topological polar surface area (TPSA) is 46.3 Å². The molecule has 3 nitrogen and oxygen atoms in total. The van der Waals surface area contributed by atoms with Crippen molar-refractivity contribution in [2.45, 2.75) is 19.4 Å². The van der Waals surface area contributed by atoms with E-state index in [1.807, 2.05) is 50.4 Å². The van der Waals surface area contributed by atoms with Crippen molar-refractivity contribution < 1.29 is 4.79 Å². The zero-order valence-corrected chi connectivity index (χ0v) is 11.1. The van der Waals surface area contributed by atoms with Gasteiger partial charge in [0.15, 0.2) is 0 Å². The van der Waals surface area contributed by atoms with E-state index in [1.165, 1.54) is 0 Å². The SMILES string of the molecule is C=C(C)C1=C(N)C2(C)c3ccccc3C=CN2C1=O. The van der Waals surface area contributed by atoms with E-state index in [1.54, 1.807) is 4.90 Å². The van der Waals surface area contributed by atoms with Gasteiger partial charge >= 0.3 is 0 Å². The van der Waals surface area contributed by atoms with Crippen LogP contribution in [-0.4, -0.2) is 10.8 Å². The predicted octanol–water partition coefficient (Wildman–Crippen LogP) is 2.52. The van der Waals surface area contributed by atoms with Gasteiger partial charge in [-0.15, -0.1) is 0 Å². The first-order valence-corrected chi connectivity index (χ1v) is 6.25. The first kappa shape index (κ1) is 11.8. The number of benzene rings is 1. The number of rotatable bonds is 1. The highest BCUT2D eigenvalue weighted by atomic mass is 16.2. The summed E-state index contributed by atoms with van der Waals surface area (Å²) in [5.74, 6) is -0.0711. The molecule has 0 aliphatic carbocycles. The van der Waals surface area contributed by atoms with Gasteiger partial charge in [0.25, 0.3) is 5.91 Å². The standard InChI is InChI=1S/C16H16N2O/c1-10(2)13-14(17)16(3)12-7-5-4-6-11(12)8-9-18(16)15(13)19/h4-9H,1,17H2,2-3H3. The van der Waals surface area contributed by atoms with Gasteiger partial charge in [-0.2, -0.15) is 0 Å². The molecule has 1 aromatic carbocycles. The van der Waals surface area contributed by atoms with Crippen LogP contribution in [0.5, 0.6) is 0 Å². The third kappa shape index (κ3) is 1.30. The normalized spacial score (nSPS) is 24.5. The van der Waals surface area contributed by atoms with Crippen molar-refractivity contribution in [2.24, 2.45) is 5.73 Å². The number of amides is 1. The lowest BCUT2D eigenvalue weighted by Crippen LogP contribution is -2.43. The highest BCUT2D eigenvalue weighted by Crippen LogP contribution is 2.46. The molecule has 0 bridgehead atoms. The van der Waals surface area contributed by atoms with E-state index in [0.717, 1.165) is 11.1 Å². The summed E-state index contributed by atoms with van der Waals surface area (Å²) in [4.78, 5) is 14.2. The Hall–Kier alpha value is -2.29. The molecule has 0 aromatic heterocycles. The van der Waals surface area contributed by atoms with E-state index in [9.17, 15) is 4.79 Å². The van der Waals surface area contributed by atoms with Gasteiger partial charge in [-0.1, -0.05) is 30.8 Å². The van der Waals surface area contributed by atoms with Crippen LogP contribution >= 0.6 is 0 Å². The average Bonchev–Trinajstić information content (AvgIpc) is 2.58. The number of carbonyl (C=O) groups is 1. The van der Waals surface area contributed by atoms with Crippen LogP contribution in [0.3, 0.4) is 0 Å². The summed E-state index contributed by atoms with van der Waals surface area (Å²) < 4.78 is 0. The Morgan fingerprint density at radius 3 is 2.74 bits per heavy atom. The largest absolute Gasteiger partial charge is 0.399 e. The van der Waals surface area contributed by atoms with E-state index < -0.39 is 5.54 Å². The van der Waals surface area contributed by atoms with Gasteiger partial charge in [0, 0.05) is 6.20 Å². The minimum absolute atomic E-state index is 0.0711. The number of nitrogens with two attached hydrogens (primary N) is 1. The second-order valence-corrected chi connectivity index (χ2v) is 5.22. The second kappa shape index (κ2) is 3.60. The number of nitrogens with zero attached hydrogens (tertiary/aromatic N) is 1. The van der Waals surface area contributed by atoms with Crippen LogP contribution in [0.15, 0.2) is 53.9 Å². The lowest BCUT2D eigenvalue weighted by Gasteiger charge is -2.38. The van der Waals surface area contributed by atoms with Crippen molar-refractivity contribution in [1.82, 2.24) is 4.90 Å². The van der Waals surface area contributed by atoms with Crippen LogP contribution < -0.4 is 5.73 Å². The van der Waals surface area contributed by atoms with Crippen molar-refractivity contribution in [3.63, 3.8) is 0 Å². The van der Waals surface area contributed by atoms with E-state index in [-0.39, 0.29) is 5.91 Å². The fraction of sp³-hybridized carbons (Fsp3) is 0.188. The minimum Gasteiger partial charge on any atom is -0.399 e. The summed E-state index contributed by atoms with van der Waals surface area (Å²) in [5, 5.41) is 0. The van der Waals surface area contributed by atoms with Gasteiger partial charge < -0.3 is 5.73 Å². The Balaban J connectivity index is 2.31. The van der Waals surface area contributed by atoms with Gasteiger partial charge in [0.05, 0.1) is 11.3 Å². The van der Waals surface area contributed by atoms with Crippen molar-refractivity contribution in [3.05, 3.63) is 65.0 Å². The van der Waals surface area contributed by atoms with Crippen LogP contribution in [0.4, 0.5) is 0 Å². The molecule has 19 heavy (non-hydrogen) atoms. The smallest absolute Gasteiger partial charge is 0.261 e. The van der Waals surface area contributed by atoms with Gasteiger partial charge in [0.1, 0.15) is 5.54 Å². The van der Waals surface area contributed by atoms with Crippen molar-refractivity contribution in [2.75, 3.05) is 0 Å². The van der Waals surface area contributed by atoms with Crippen LogP contribution in [-0.2, 0) is 10.3 Å². The van der Waals surface area contributed by atoms with Crippen molar-refractivity contribution >= 4 is 12.0 Å². The van der Waals surface area contributed by atoms with Gasteiger partial charge in [-0.25, -0.2) is 0 Å². The number of carbonyl (C=O) groups excluding carboxylic acids is 1. The molecule has 0 radical (unpaired) electrons. The van der Waals surface area contributed by atoms with Crippen LogP contribution in [0, 0.1) is 0 Å². The van der Waals surface area contributed by atoms with Crippen LogP contribution in [0.25, 0.3) is 6.08 Å². The molecule has 1 atom stereocenters. The Morgan fingerprint density at radius 2 is 2.05 bits per heavy atom. The summed E-state index contributed by atoms with van der Waals surface area (Å²) in [6, 6.07) is 8.01. The van der Waals surface area contributed by atoms with E-state index >= 15 is 0 Å². The summed E-state index contributed by atoms with van der Waals surface area (Å²) in [7, 11) is 0. The van der Waals surface area contributed by atoms with Gasteiger partial charge in [0.2, 0.25) is 0 Å². The van der Waals surface area contributed by atoms with Crippen molar-refractivity contribution in [3.8, 4) is 0 Å². The maximum atomic E-state index is 12.5. The lowest BCUT2D eigenvalue weighted by atomic mass is 9.83. The van der Waals surface area contributed by atoms with E-state index in [2.05, 4.69) is 6.58 Å². The molecule has 0 spiro atoms. The molecule has 0 saturated heterocycles. The van der Waals surface area contributed by atoms with Crippen LogP contribution in [0.2, 0.25) is 0 Å². The Kier molecular flexibility index (Phi) is 2.23. The molecule has 3 rings (SSSR count). The molecular formula is C16H16N2O. The van der Waals surface area contributed by atoms with Crippen LogP contribution in [0.1, 0.15) is 25.0 Å². The zero-order valence-electron chi connectivity index (χ0n) is 11.1. The quantitative estimate of drug-likeness (QED) is 0.834. The predicted molar refractivity (Wildman–Crippen MR) is 75.7 cm³/mol. The Morgan fingerprint density at radius 1 is 1.37 bits per heavy atom. The molecule has 1 unspecified atom stereocenters. The molecule has 0 fully saturated rings. The fourth-order valence-corrected chi connectivity index (χ4v) is 2.96. The highest BCUT2D eigenvalue weighted by molar-refractivity contribution is 6.03. The monoisotopic (exact) mass is 252 g/mol. The minimum atomic E-state index is -0.600. The van der Waals surface area contributed by atoms with Crippen molar-refractivity contribution in [1.29, 1.82) is 0 Å². The maximum Gasteiger partial charge on any atom is 0.261 e. The molecule has 96 valence electrons. The summed E-state index contributed by atoms with van der Waals surface area (Å²) in [5.41, 5.74) is 9.69. The zero-order chi connectivity index (χ0) is 13.8.